The summed E-state index contributed by atoms with van der Waals surface area (Å²) < 4.78 is 41.1. The lowest BCUT2D eigenvalue weighted by atomic mass is 9.98. The van der Waals surface area contributed by atoms with Crippen molar-refractivity contribution >= 4 is 16.8 Å². The fourth-order valence-electron chi connectivity index (χ4n) is 4.12. The molecule has 2 N–H and O–H groups in total. The Bertz CT molecular complexity index is 916. The van der Waals surface area contributed by atoms with Crippen LogP contribution in [0.2, 0.25) is 0 Å². The highest BCUT2D eigenvalue weighted by atomic mass is 19.4. The molecule has 1 amide bonds. The summed E-state index contributed by atoms with van der Waals surface area (Å²) in [7, 11) is 0. The summed E-state index contributed by atoms with van der Waals surface area (Å²) in [4.78, 5) is 16.7. The first-order chi connectivity index (χ1) is 13.8. The Morgan fingerprint density at radius 3 is 2.66 bits per heavy atom. The van der Waals surface area contributed by atoms with Crippen LogP contribution < -0.4 is 10.6 Å². The number of fused-ring (bicyclic) bond motifs is 1. The molecule has 1 unspecified atom stereocenters. The molecule has 1 saturated heterocycles. The minimum Gasteiger partial charge on any atom is -0.351 e. The maximum Gasteiger partial charge on any atom is 0.418 e. The molecule has 2 aromatic rings. The number of alkyl halides is 3. The van der Waals surface area contributed by atoms with Crippen LogP contribution in [0.15, 0.2) is 18.2 Å². The van der Waals surface area contributed by atoms with Crippen molar-refractivity contribution in [2.75, 3.05) is 13.1 Å². The van der Waals surface area contributed by atoms with Crippen molar-refractivity contribution in [3.63, 3.8) is 0 Å². The molecule has 1 aromatic carbocycles. The van der Waals surface area contributed by atoms with Crippen LogP contribution in [0.1, 0.15) is 71.6 Å². The number of hydrogen-bond acceptors (Lipinski definition) is 3. The highest BCUT2D eigenvalue weighted by Crippen LogP contribution is 2.44. The Balaban J connectivity index is 1.58. The third-order valence-corrected chi connectivity index (χ3v) is 5.92. The van der Waals surface area contributed by atoms with E-state index in [0.29, 0.717) is 29.1 Å². The van der Waals surface area contributed by atoms with Crippen LogP contribution in [0, 0.1) is 6.92 Å². The minimum absolute atomic E-state index is 0.0382. The lowest BCUT2D eigenvalue weighted by Crippen LogP contribution is -2.37. The molecular weight excluding hydrogens is 379 g/mol. The number of halogens is 3. The molecule has 1 saturated carbocycles. The van der Waals surface area contributed by atoms with Gasteiger partial charge in [-0.05, 0) is 80.8 Å². The number of aromatic nitrogens is 1. The molecule has 1 aliphatic heterocycles. The number of carbonyl (C=O) groups excluding carboxylic acids is 1. The van der Waals surface area contributed by atoms with Gasteiger partial charge < -0.3 is 10.6 Å². The highest BCUT2D eigenvalue weighted by Gasteiger charge is 2.36. The number of aryl methyl sites for hydroxylation is 1. The van der Waals surface area contributed by atoms with Crippen molar-refractivity contribution in [1.82, 2.24) is 15.6 Å². The van der Waals surface area contributed by atoms with E-state index in [0.717, 1.165) is 32.2 Å². The molecule has 0 bridgehead atoms. The Kier molecular flexibility index (Phi) is 5.51. The van der Waals surface area contributed by atoms with Crippen LogP contribution in [0.5, 0.6) is 0 Å². The van der Waals surface area contributed by atoms with Crippen molar-refractivity contribution < 1.29 is 18.0 Å². The van der Waals surface area contributed by atoms with Gasteiger partial charge in [0.2, 0.25) is 0 Å². The molecule has 4 rings (SSSR count). The van der Waals surface area contributed by atoms with Gasteiger partial charge in [-0.25, -0.2) is 4.98 Å². The summed E-state index contributed by atoms with van der Waals surface area (Å²) in [6, 6.07) is 4.99. The second-order valence-corrected chi connectivity index (χ2v) is 8.25. The zero-order valence-electron chi connectivity index (χ0n) is 16.5. The van der Waals surface area contributed by atoms with E-state index in [9.17, 15) is 18.0 Å². The molecule has 0 radical (unpaired) electrons. The molecule has 2 heterocycles. The Hall–Kier alpha value is -2.15. The zero-order chi connectivity index (χ0) is 20.6. The Morgan fingerprint density at radius 2 is 2.00 bits per heavy atom. The van der Waals surface area contributed by atoms with Crippen molar-refractivity contribution in [2.45, 2.75) is 63.6 Å². The smallest absolute Gasteiger partial charge is 0.351 e. The van der Waals surface area contributed by atoms with Gasteiger partial charge in [0.05, 0.1) is 11.1 Å². The molecular formula is C22H26F3N3O. The summed E-state index contributed by atoms with van der Waals surface area (Å²) in [5.74, 6) is -0.221. The third kappa shape index (κ3) is 4.55. The lowest BCUT2D eigenvalue weighted by molar-refractivity contribution is -0.136. The average molecular weight is 405 g/mol. The van der Waals surface area contributed by atoms with Crippen LogP contribution in [0.3, 0.4) is 0 Å². The van der Waals surface area contributed by atoms with Crippen LogP contribution in [0.25, 0.3) is 10.9 Å². The van der Waals surface area contributed by atoms with Gasteiger partial charge in [0.25, 0.3) is 5.91 Å². The number of pyridine rings is 1. The molecule has 156 valence electrons. The number of rotatable bonds is 5. The van der Waals surface area contributed by atoms with Gasteiger partial charge >= 0.3 is 6.18 Å². The zero-order valence-corrected chi connectivity index (χ0v) is 16.5. The van der Waals surface area contributed by atoms with Gasteiger partial charge in [0, 0.05) is 18.0 Å². The van der Waals surface area contributed by atoms with E-state index in [4.69, 9.17) is 0 Å². The van der Waals surface area contributed by atoms with Crippen LogP contribution in [-0.4, -0.2) is 30.0 Å². The van der Waals surface area contributed by atoms with E-state index in [1.165, 1.54) is 18.9 Å². The monoisotopic (exact) mass is 405 g/mol. The van der Waals surface area contributed by atoms with Crippen LogP contribution in [0.4, 0.5) is 13.2 Å². The average Bonchev–Trinajstić information content (AvgIpc) is 3.52. The molecule has 2 fully saturated rings. The standard InChI is InChI=1S/C22H26F3N3O/c1-13-10-19(21(29)27-9-7-16-4-2-3-8-26-16)28-20-17(13)11-15(14-5-6-14)12-18(20)22(23,24)25/h10-12,14,16,26H,2-9H2,1H3,(H,27,29). The van der Waals surface area contributed by atoms with Crippen LogP contribution in [-0.2, 0) is 6.18 Å². The molecule has 1 aromatic heterocycles. The van der Waals surface area contributed by atoms with Crippen LogP contribution >= 0.6 is 0 Å². The van der Waals surface area contributed by atoms with Gasteiger partial charge in [0.1, 0.15) is 5.69 Å². The first kappa shape index (κ1) is 20.1. The topological polar surface area (TPSA) is 54.0 Å². The molecule has 0 spiro atoms. The maximum atomic E-state index is 13.7. The molecule has 2 aliphatic rings. The second kappa shape index (κ2) is 7.94. The van der Waals surface area contributed by atoms with Crippen molar-refractivity contribution in [2.24, 2.45) is 0 Å². The van der Waals surface area contributed by atoms with E-state index >= 15 is 0 Å². The normalized spacial score (nSPS) is 20.1. The van der Waals surface area contributed by atoms with E-state index in [1.807, 2.05) is 0 Å². The first-order valence-corrected chi connectivity index (χ1v) is 10.4. The van der Waals surface area contributed by atoms with Gasteiger partial charge in [-0.1, -0.05) is 6.42 Å². The SMILES string of the molecule is Cc1cc(C(=O)NCCC2CCCCN2)nc2c(C(F)(F)F)cc(C3CC3)cc12. The predicted octanol–water partition coefficient (Wildman–Crippen LogP) is 4.70. The fourth-order valence-corrected chi connectivity index (χ4v) is 4.12. The predicted molar refractivity (Wildman–Crippen MR) is 106 cm³/mol. The summed E-state index contributed by atoms with van der Waals surface area (Å²) in [5, 5.41) is 6.71. The summed E-state index contributed by atoms with van der Waals surface area (Å²) in [6.45, 7) is 3.21. The third-order valence-electron chi connectivity index (χ3n) is 5.92. The molecule has 4 nitrogen and oxygen atoms in total. The molecule has 1 atom stereocenters. The van der Waals surface area contributed by atoms with E-state index in [1.54, 1.807) is 19.1 Å². The number of carbonyl (C=O) groups is 1. The largest absolute Gasteiger partial charge is 0.418 e. The van der Waals surface area contributed by atoms with E-state index in [-0.39, 0.29) is 17.1 Å². The highest BCUT2D eigenvalue weighted by molar-refractivity contribution is 5.97. The number of hydrogen-bond donors (Lipinski definition) is 2. The molecule has 7 heteroatoms. The molecule has 1 aliphatic carbocycles. The summed E-state index contributed by atoms with van der Waals surface area (Å²) in [6.07, 6.45) is 1.58. The fraction of sp³-hybridized carbons (Fsp3) is 0.545. The van der Waals surface area contributed by atoms with Gasteiger partial charge in [-0.15, -0.1) is 0 Å². The summed E-state index contributed by atoms with van der Waals surface area (Å²) >= 11 is 0. The number of nitrogens with zero attached hydrogens (tertiary/aromatic N) is 1. The maximum absolute atomic E-state index is 13.7. The number of amides is 1. The minimum atomic E-state index is -4.51. The molecule has 29 heavy (non-hydrogen) atoms. The second-order valence-electron chi connectivity index (χ2n) is 8.25. The number of benzene rings is 1. The van der Waals surface area contributed by atoms with Crippen molar-refractivity contribution in [3.05, 3.63) is 40.6 Å². The number of piperidine rings is 1. The summed E-state index contributed by atoms with van der Waals surface area (Å²) in [5.41, 5.74) is 0.507. The number of nitrogens with one attached hydrogen (secondary N) is 2. The van der Waals surface area contributed by atoms with Gasteiger partial charge in [-0.3, -0.25) is 4.79 Å². The van der Waals surface area contributed by atoms with Gasteiger partial charge in [0.15, 0.2) is 0 Å². The van der Waals surface area contributed by atoms with Gasteiger partial charge in [-0.2, -0.15) is 13.2 Å². The van der Waals surface area contributed by atoms with Crippen molar-refractivity contribution in [3.8, 4) is 0 Å². The van der Waals surface area contributed by atoms with E-state index < -0.39 is 17.6 Å². The quantitative estimate of drug-likeness (QED) is 0.758. The Morgan fingerprint density at radius 1 is 1.21 bits per heavy atom. The first-order valence-electron chi connectivity index (χ1n) is 10.4. The lowest BCUT2D eigenvalue weighted by Gasteiger charge is -2.23. The van der Waals surface area contributed by atoms with Crippen molar-refractivity contribution in [1.29, 1.82) is 0 Å². The Labute approximate surface area is 168 Å². The van der Waals surface area contributed by atoms with E-state index in [2.05, 4.69) is 15.6 Å².